The van der Waals surface area contributed by atoms with Gasteiger partial charge in [0.05, 0.1) is 13.5 Å². The maximum absolute atomic E-state index is 11.6. The molecule has 0 unspecified atom stereocenters. The van der Waals surface area contributed by atoms with E-state index in [9.17, 15) is 13.2 Å². The van der Waals surface area contributed by atoms with Gasteiger partial charge in [0.15, 0.2) is 0 Å². The second kappa shape index (κ2) is 5.60. The summed E-state index contributed by atoms with van der Waals surface area (Å²) in [7, 11) is -0.721. The van der Waals surface area contributed by atoms with E-state index in [1.165, 1.54) is 14.2 Å². The van der Waals surface area contributed by atoms with Crippen LogP contribution < -0.4 is 4.72 Å². The van der Waals surface area contributed by atoms with Gasteiger partial charge in [-0.15, -0.1) is 0 Å². The van der Waals surface area contributed by atoms with Crippen molar-refractivity contribution >= 4 is 16.2 Å². The molecule has 0 heterocycles. The number of ether oxygens (including phenoxy) is 1. The number of carbonyl (C=O) groups excluding carboxylic acids is 1. The van der Waals surface area contributed by atoms with E-state index in [2.05, 4.69) is 9.46 Å². The van der Waals surface area contributed by atoms with E-state index < -0.39 is 16.2 Å². The number of nitrogens with one attached hydrogen (secondary N) is 1. The minimum Gasteiger partial charge on any atom is -0.469 e. The van der Waals surface area contributed by atoms with Crippen LogP contribution in [0.25, 0.3) is 0 Å². The predicted octanol–water partition coefficient (Wildman–Crippen LogP) is -0.274. The van der Waals surface area contributed by atoms with Gasteiger partial charge in [0.1, 0.15) is 0 Å². The molecule has 6 nitrogen and oxygen atoms in total. The maximum Gasteiger partial charge on any atom is 0.306 e. The Balaban J connectivity index is 2.31. The van der Waals surface area contributed by atoms with Crippen LogP contribution >= 0.6 is 0 Å². The number of nitrogens with zero attached hydrogens (tertiary/aromatic N) is 1. The van der Waals surface area contributed by atoms with Crippen molar-refractivity contribution in [1.29, 1.82) is 0 Å². The number of methoxy groups -OCH3 is 1. The van der Waals surface area contributed by atoms with Crippen molar-refractivity contribution in [1.82, 2.24) is 9.03 Å². The molecule has 0 aromatic carbocycles. The standard InChI is InChI=1S/C9H18N2O4S/c1-11(6-5-9(12)15-2)16(13,14)10-7-8-3-4-8/h8,10H,3-7H2,1-2H3. The highest BCUT2D eigenvalue weighted by Crippen LogP contribution is 2.27. The van der Waals surface area contributed by atoms with Crippen LogP contribution in [0.1, 0.15) is 19.3 Å². The molecular formula is C9H18N2O4S. The third-order valence-corrected chi connectivity index (χ3v) is 4.05. The Bertz CT molecular complexity index is 337. The predicted molar refractivity (Wildman–Crippen MR) is 58.9 cm³/mol. The molecule has 7 heteroatoms. The molecule has 94 valence electrons. The van der Waals surface area contributed by atoms with Gasteiger partial charge in [0.2, 0.25) is 0 Å². The minimum absolute atomic E-state index is 0.0668. The van der Waals surface area contributed by atoms with E-state index in [1.807, 2.05) is 0 Å². The topological polar surface area (TPSA) is 75.7 Å². The average Bonchev–Trinajstić information content (AvgIpc) is 3.06. The van der Waals surface area contributed by atoms with Gasteiger partial charge in [0.25, 0.3) is 10.2 Å². The molecule has 0 aromatic rings. The molecule has 1 N–H and O–H groups in total. The van der Waals surface area contributed by atoms with E-state index in [-0.39, 0.29) is 13.0 Å². The Labute approximate surface area is 96.1 Å². The van der Waals surface area contributed by atoms with Gasteiger partial charge in [-0.3, -0.25) is 4.79 Å². The van der Waals surface area contributed by atoms with Crippen molar-refractivity contribution in [3.63, 3.8) is 0 Å². The lowest BCUT2D eigenvalue weighted by Gasteiger charge is -2.16. The first-order chi connectivity index (χ1) is 7.45. The summed E-state index contributed by atoms with van der Waals surface area (Å²) >= 11 is 0. The number of hydrogen-bond acceptors (Lipinski definition) is 4. The molecule has 1 saturated carbocycles. The van der Waals surface area contributed by atoms with E-state index in [1.54, 1.807) is 0 Å². The van der Waals surface area contributed by atoms with Crippen molar-refractivity contribution in [2.75, 3.05) is 27.2 Å². The highest BCUT2D eigenvalue weighted by molar-refractivity contribution is 7.87. The SMILES string of the molecule is COC(=O)CCN(C)S(=O)(=O)NCC1CC1. The molecule has 0 aromatic heterocycles. The summed E-state index contributed by atoms with van der Waals surface area (Å²) < 4.78 is 31.3. The van der Waals surface area contributed by atoms with Crippen molar-refractivity contribution in [2.45, 2.75) is 19.3 Å². The molecular weight excluding hydrogens is 232 g/mol. The first-order valence-electron chi connectivity index (χ1n) is 5.23. The molecule has 0 atom stereocenters. The normalized spacial score (nSPS) is 16.4. The second-order valence-corrected chi connectivity index (χ2v) is 5.81. The maximum atomic E-state index is 11.6. The molecule has 0 radical (unpaired) electrons. The van der Waals surface area contributed by atoms with Gasteiger partial charge >= 0.3 is 5.97 Å². The Morgan fingerprint density at radius 1 is 1.50 bits per heavy atom. The minimum atomic E-state index is -3.44. The van der Waals surface area contributed by atoms with E-state index in [0.717, 1.165) is 17.1 Å². The van der Waals surface area contributed by atoms with Crippen LogP contribution in [0.5, 0.6) is 0 Å². The van der Waals surface area contributed by atoms with Crippen LogP contribution in [-0.4, -0.2) is 45.9 Å². The lowest BCUT2D eigenvalue weighted by molar-refractivity contribution is -0.140. The molecule has 0 amide bonds. The van der Waals surface area contributed by atoms with E-state index in [4.69, 9.17) is 0 Å². The summed E-state index contributed by atoms with van der Waals surface area (Å²) in [5.74, 6) is 0.0769. The first-order valence-corrected chi connectivity index (χ1v) is 6.67. The number of hydrogen-bond donors (Lipinski definition) is 1. The highest BCUT2D eigenvalue weighted by atomic mass is 32.2. The zero-order valence-electron chi connectivity index (χ0n) is 9.60. The monoisotopic (exact) mass is 250 g/mol. The van der Waals surface area contributed by atoms with Crippen molar-refractivity contribution in [2.24, 2.45) is 5.92 Å². The van der Waals surface area contributed by atoms with Gasteiger partial charge in [-0.05, 0) is 18.8 Å². The van der Waals surface area contributed by atoms with Crippen LogP contribution in [0, 0.1) is 5.92 Å². The lowest BCUT2D eigenvalue weighted by Crippen LogP contribution is -2.40. The fourth-order valence-electron chi connectivity index (χ4n) is 1.13. The third-order valence-electron chi connectivity index (χ3n) is 2.52. The molecule has 1 aliphatic carbocycles. The van der Waals surface area contributed by atoms with E-state index in [0.29, 0.717) is 12.5 Å². The van der Waals surface area contributed by atoms with Gasteiger partial charge in [-0.25, -0.2) is 4.72 Å². The Hall–Kier alpha value is -0.660. The fraction of sp³-hybridized carbons (Fsp3) is 0.889. The Kier molecular flexibility index (Phi) is 4.69. The zero-order valence-corrected chi connectivity index (χ0v) is 10.4. The Morgan fingerprint density at radius 3 is 2.62 bits per heavy atom. The first kappa shape index (κ1) is 13.4. The summed E-state index contributed by atoms with van der Waals surface area (Å²) in [6.45, 7) is 0.623. The quantitative estimate of drug-likeness (QED) is 0.631. The van der Waals surface area contributed by atoms with Gasteiger partial charge in [-0.1, -0.05) is 0 Å². The van der Waals surface area contributed by atoms with Crippen LogP contribution in [0.4, 0.5) is 0 Å². The molecule has 0 bridgehead atoms. The van der Waals surface area contributed by atoms with E-state index >= 15 is 0 Å². The summed E-state index contributed by atoms with van der Waals surface area (Å²) in [6.07, 6.45) is 2.25. The largest absolute Gasteiger partial charge is 0.469 e. The van der Waals surface area contributed by atoms with Gasteiger partial charge in [-0.2, -0.15) is 12.7 Å². The summed E-state index contributed by atoms with van der Waals surface area (Å²) in [4.78, 5) is 10.9. The molecule has 0 spiro atoms. The molecule has 16 heavy (non-hydrogen) atoms. The lowest BCUT2D eigenvalue weighted by atomic mass is 10.4. The average molecular weight is 250 g/mol. The van der Waals surface area contributed by atoms with Crippen LogP contribution in [-0.2, 0) is 19.7 Å². The van der Waals surface area contributed by atoms with Crippen molar-refractivity contribution < 1.29 is 17.9 Å². The smallest absolute Gasteiger partial charge is 0.306 e. The van der Waals surface area contributed by atoms with Gasteiger partial charge in [0, 0.05) is 20.1 Å². The van der Waals surface area contributed by atoms with Crippen molar-refractivity contribution in [3.05, 3.63) is 0 Å². The zero-order chi connectivity index (χ0) is 12.2. The summed E-state index contributed by atoms with van der Waals surface area (Å²) in [6, 6.07) is 0. The van der Waals surface area contributed by atoms with Gasteiger partial charge < -0.3 is 4.74 Å². The second-order valence-electron chi connectivity index (χ2n) is 3.94. The molecule has 1 fully saturated rings. The van der Waals surface area contributed by atoms with Crippen LogP contribution in [0.15, 0.2) is 0 Å². The Morgan fingerprint density at radius 2 is 2.12 bits per heavy atom. The molecule has 1 aliphatic rings. The molecule has 1 rings (SSSR count). The molecule has 0 aliphatic heterocycles. The number of rotatable bonds is 7. The summed E-state index contributed by atoms with van der Waals surface area (Å²) in [5.41, 5.74) is 0. The number of esters is 1. The van der Waals surface area contributed by atoms with Crippen LogP contribution in [0.3, 0.4) is 0 Å². The van der Waals surface area contributed by atoms with Crippen LogP contribution in [0.2, 0.25) is 0 Å². The molecule has 0 saturated heterocycles. The van der Waals surface area contributed by atoms with Crippen molar-refractivity contribution in [3.8, 4) is 0 Å². The number of carbonyl (C=O) groups is 1. The highest BCUT2D eigenvalue weighted by Gasteiger charge is 2.25. The third kappa shape index (κ3) is 4.46. The fourth-order valence-corrected chi connectivity index (χ4v) is 2.12. The summed E-state index contributed by atoms with van der Waals surface area (Å²) in [5, 5.41) is 0.